The maximum atomic E-state index is 11.8. The molecule has 2 fully saturated rings. The molecule has 0 aromatic carbocycles. The lowest BCUT2D eigenvalue weighted by Gasteiger charge is -2.39. The Hall–Kier alpha value is -0.610. The predicted molar refractivity (Wildman–Crippen MR) is 71.4 cm³/mol. The standard InChI is InChI=1S/C14H26N2O2/c1-11(2)13(14(17)18-3)10-15-7-8-16-6-4-5-12(16)9-15/h11-13H,4-10H2,1-3H3. The minimum atomic E-state index is -0.0566. The van der Waals surface area contributed by atoms with Crippen LogP contribution in [0.2, 0.25) is 0 Å². The number of hydrogen-bond acceptors (Lipinski definition) is 4. The van der Waals surface area contributed by atoms with Crippen molar-refractivity contribution < 1.29 is 9.53 Å². The highest BCUT2D eigenvalue weighted by atomic mass is 16.5. The van der Waals surface area contributed by atoms with E-state index in [1.165, 1.54) is 26.5 Å². The van der Waals surface area contributed by atoms with Gasteiger partial charge in [0.2, 0.25) is 0 Å². The van der Waals surface area contributed by atoms with E-state index in [9.17, 15) is 4.79 Å². The third-order valence-corrected chi connectivity index (χ3v) is 4.44. The fourth-order valence-electron chi connectivity index (χ4n) is 3.21. The van der Waals surface area contributed by atoms with E-state index in [0.29, 0.717) is 5.92 Å². The Bertz CT molecular complexity index is 294. The van der Waals surface area contributed by atoms with E-state index in [4.69, 9.17) is 4.74 Å². The Labute approximate surface area is 110 Å². The van der Waals surface area contributed by atoms with Crippen molar-refractivity contribution in [3.05, 3.63) is 0 Å². The molecule has 0 aliphatic carbocycles. The molecule has 104 valence electrons. The van der Waals surface area contributed by atoms with Crippen LogP contribution in [0, 0.1) is 11.8 Å². The average Bonchev–Trinajstić information content (AvgIpc) is 2.82. The Morgan fingerprint density at radius 1 is 1.33 bits per heavy atom. The van der Waals surface area contributed by atoms with Crippen LogP contribution in [0.15, 0.2) is 0 Å². The number of esters is 1. The van der Waals surface area contributed by atoms with Crippen LogP contribution in [-0.4, -0.2) is 61.6 Å². The number of hydrogen-bond donors (Lipinski definition) is 0. The number of fused-ring (bicyclic) bond motifs is 1. The summed E-state index contributed by atoms with van der Waals surface area (Å²) >= 11 is 0. The molecule has 0 aromatic rings. The van der Waals surface area contributed by atoms with E-state index in [2.05, 4.69) is 23.6 Å². The Balaban J connectivity index is 1.89. The zero-order valence-corrected chi connectivity index (χ0v) is 11.9. The number of piperazine rings is 1. The molecule has 0 bridgehead atoms. The molecular formula is C14H26N2O2. The van der Waals surface area contributed by atoms with Crippen molar-refractivity contribution >= 4 is 5.97 Å². The summed E-state index contributed by atoms with van der Waals surface area (Å²) in [5.41, 5.74) is 0. The lowest BCUT2D eigenvalue weighted by molar-refractivity contribution is -0.148. The van der Waals surface area contributed by atoms with Gasteiger partial charge in [0.05, 0.1) is 13.0 Å². The minimum absolute atomic E-state index is 0.0166. The van der Waals surface area contributed by atoms with Crippen molar-refractivity contribution in [3.63, 3.8) is 0 Å². The number of carbonyl (C=O) groups is 1. The topological polar surface area (TPSA) is 32.8 Å². The van der Waals surface area contributed by atoms with Gasteiger partial charge in [-0.25, -0.2) is 0 Å². The Kier molecular flexibility index (Phi) is 4.62. The Morgan fingerprint density at radius 2 is 2.11 bits per heavy atom. The van der Waals surface area contributed by atoms with Crippen molar-refractivity contribution in [1.82, 2.24) is 9.80 Å². The molecule has 2 aliphatic heterocycles. The van der Waals surface area contributed by atoms with Gasteiger partial charge in [0.1, 0.15) is 0 Å². The van der Waals surface area contributed by atoms with Crippen LogP contribution in [0.1, 0.15) is 26.7 Å². The van der Waals surface area contributed by atoms with Crippen molar-refractivity contribution in [3.8, 4) is 0 Å². The quantitative estimate of drug-likeness (QED) is 0.706. The third kappa shape index (κ3) is 3.04. The summed E-state index contributed by atoms with van der Waals surface area (Å²) in [5.74, 6) is 0.306. The molecule has 0 saturated carbocycles. The van der Waals surface area contributed by atoms with Gasteiger partial charge in [-0.15, -0.1) is 0 Å². The molecule has 0 spiro atoms. The van der Waals surface area contributed by atoms with E-state index < -0.39 is 0 Å². The van der Waals surface area contributed by atoms with Gasteiger partial charge in [-0.1, -0.05) is 13.8 Å². The number of nitrogens with zero attached hydrogens (tertiary/aromatic N) is 2. The summed E-state index contributed by atoms with van der Waals surface area (Å²) in [5, 5.41) is 0. The zero-order chi connectivity index (χ0) is 13.1. The van der Waals surface area contributed by atoms with Gasteiger partial charge in [-0.05, 0) is 25.3 Å². The number of ether oxygens (including phenoxy) is 1. The molecule has 0 amide bonds. The van der Waals surface area contributed by atoms with Crippen LogP contribution in [0.25, 0.3) is 0 Å². The summed E-state index contributed by atoms with van der Waals surface area (Å²) in [4.78, 5) is 16.8. The predicted octanol–water partition coefficient (Wildman–Crippen LogP) is 1.21. The van der Waals surface area contributed by atoms with Crippen molar-refractivity contribution in [2.24, 2.45) is 11.8 Å². The van der Waals surface area contributed by atoms with Gasteiger partial charge < -0.3 is 4.74 Å². The van der Waals surface area contributed by atoms with Gasteiger partial charge in [0, 0.05) is 32.2 Å². The van der Waals surface area contributed by atoms with Crippen molar-refractivity contribution in [2.45, 2.75) is 32.7 Å². The monoisotopic (exact) mass is 254 g/mol. The van der Waals surface area contributed by atoms with E-state index in [1.807, 2.05) is 0 Å². The van der Waals surface area contributed by atoms with E-state index in [1.54, 1.807) is 0 Å². The second-order valence-corrected chi connectivity index (χ2v) is 5.97. The molecule has 18 heavy (non-hydrogen) atoms. The van der Waals surface area contributed by atoms with Crippen LogP contribution in [0.5, 0.6) is 0 Å². The normalized spacial score (nSPS) is 27.2. The van der Waals surface area contributed by atoms with Crippen molar-refractivity contribution in [2.75, 3.05) is 39.8 Å². The summed E-state index contributed by atoms with van der Waals surface area (Å²) < 4.78 is 4.93. The number of carbonyl (C=O) groups excluding carboxylic acids is 1. The van der Waals surface area contributed by atoms with Crippen LogP contribution in [-0.2, 0) is 9.53 Å². The first-order valence-corrected chi connectivity index (χ1v) is 7.16. The van der Waals surface area contributed by atoms with Gasteiger partial charge in [0.15, 0.2) is 0 Å². The number of rotatable bonds is 4. The third-order valence-electron chi connectivity index (χ3n) is 4.44. The first kappa shape index (κ1) is 13.8. The summed E-state index contributed by atoms with van der Waals surface area (Å²) in [6.45, 7) is 9.71. The molecule has 2 atom stereocenters. The molecule has 4 nitrogen and oxygen atoms in total. The zero-order valence-electron chi connectivity index (χ0n) is 11.9. The van der Waals surface area contributed by atoms with Gasteiger partial charge in [0.25, 0.3) is 0 Å². The molecule has 2 rings (SSSR count). The molecule has 0 radical (unpaired) electrons. The SMILES string of the molecule is COC(=O)C(CN1CCN2CCCC2C1)C(C)C. The first-order valence-electron chi connectivity index (χ1n) is 7.16. The molecule has 4 heteroatoms. The second kappa shape index (κ2) is 6.02. The average molecular weight is 254 g/mol. The number of methoxy groups -OCH3 is 1. The maximum Gasteiger partial charge on any atom is 0.310 e. The molecule has 0 N–H and O–H groups in total. The van der Waals surface area contributed by atoms with E-state index >= 15 is 0 Å². The van der Waals surface area contributed by atoms with Crippen LogP contribution < -0.4 is 0 Å². The highest BCUT2D eigenvalue weighted by Gasteiger charge is 2.33. The van der Waals surface area contributed by atoms with Gasteiger partial charge >= 0.3 is 5.97 Å². The van der Waals surface area contributed by atoms with Gasteiger partial charge in [-0.2, -0.15) is 0 Å². The molecule has 0 aromatic heterocycles. The van der Waals surface area contributed by atoms with Crippen LogP contribution in [0.3, 0.4) is 0 Å². The lowest BCUT2D eigenvalue weighted by atomic mass is 9.94. The van der Waals surface area contributed by atoms with Crippen molar-refractivity contribution in [1.29, 1.82) is 0 Å². The van der Waals surface area contributed by atoms with Gasteiger partial charge in [-0.3, -0.25) is 14.6 Å². The smallest absolute Gasteiger partial charge is 0.310 e. The molecule has 2 saturated heterocycles. The first-order chi connectivity index (χ1) is 8.61. The summed E-state index contributed by atoms with van der Waals surface area (Å²) in [7, 11) is 1.49. The fourth-order valence-corrected chi connectivity index (χ4v) is 3.21. The van der Waals surface area contributed by atoms with Crippen LogP contribution >= 0.6 is 0 Å². The van der Waals surface area contributed by atoms with E-state index in [0.717, 1.165) is 32.2 Å². The molecule has 2 unspecified atom stereocenters. The summed E-state index contributed by atoms with van der Waals surface area (Å²) in [6, 6.07) is 0.726. The van der Waals surface area contributed by atoms with Crippen LogP contribution in [0.4, 0.5) is 0 Å². The maximum absolute atomic E-state index is 11.8. The van der Waals surface area contributed by atoms with E-state index in [-0.39, 0.29) is 11.9 Å². The molecule has 2 aliphatic rings. The minimum Gasteiger partial charge on any atom is -0.469 e. The fraction of sp³-hybridized carbons (Fsp3) is 0.929. The largest absolute Gasteiger partial charge is 0.469 e. The molecular weight excluding hydrogens is 228 g/mol. The highest BCUT2D eigenvalue weighted by molar-refractivity contribution is 5.72. The summed E-state index contributed by atoms with van der Waals surface area (Å²) in [6.07, 6.45) is 2.66. The highest BCUT2D eigenvalue weighted by Crippen LogP contribution is 2.23. The lowest BCUT2D eigenvalue weighted by Crippen LogP contribution is -2.52. The second-order valence-electron chi connectivity index (χ2n) is 5.97. The Morgan fingerprint density at radius 3 is 2.78 bits per heavy atom. The molecule has 2 heterocycles.